The summed E-state index contributed by atoms with van der Waals surface area (Å²) in [7, 11) is 0. The molecule has 24 heavy (non-hydrogen) atoms. The first-order valence-corrected chi connectivity index (χ1v) is 7.20. The van der Waals surface area contributed by atoms with Gasteiger partial charge in [-0.25, -0.2) is 4.79 Å². The smallest absolute Gasteiger partial charge is 0.338 e. The summed E-state index contributed by atoms with van der Waals surface area (Å²) in [5.41, 5.74) is 1.27. The van der Waals surface area contributed by atoms with Gasteiger partial charge >= 0.3 is 5.97 Å². The summed E-state index contributed by atoms with van der Waals surface area (Å²) >= 11 is 0. The number of esters is 1. The second kappa shape index (κ2) is 6.07. The third-order valence-corrected chi connectivity index (χ3v) is 3.61. The van der Waals surface area contributed by atoms with E-state index in [-0.39, 0.29) is 12.3 Å². The summed E-state index contributed by atoms with van der Waals surface area (Å²) in [4.78, 5) is 23.0. The zero-order valence-corrected chi connectivity index (χ0v) is 13.0. The van der Waals surface area contributed by atoms with E-state index in [4.69, 9.17) is 4.74 Å². The number of non-ortho nitro benzene ring substituents is 1. The number of anilines is 1. The number of nitro groups is 1. The monoisotopic (exact) mass is 330 g/mol. The van der Waals surface area contributed by atoms with E-state index >= 15 is 0 Å². The van der Waals surface area contributed by atoms with Crippen LogP contribution in [0, 0.1) is 10.1 Å². The first kappa shape index (κ1) is 15.6. The van der Waals surface area contributed by atoms with Gasteiger partial charge in [-0.1, -0.05) is 17.2 Å². The van der Waals surface area contributed by atoms with Crippen LogP contribution >= 0.6 is 0 Å². The zero-order chi connectivity index (χ0) is 17.3. The highest BCUT2D eigenvalue weighted by Crippen LogP contribution is 2.35. The van der Waals surface area contributed by atoms with Gasteiger partial charge in [0, 0.05) is 17.8 Å². The van der Waals surface area contributed by atoms with Crippen molar-refractivity contribution >= 4 is 17.6 Å². The summed E-state index contributed by atoms with van der Waals surface area (Å²) in [5.74, 6) is -0.183. The topological polar surface area (TPSA) is 125 Å². The number of ether oxygens (including phenoxy) is 1. The van der Waals surface area contributed by atoms with Gasteiger partial charge in [-0.15, -0.1) is 0 Å². The highest BCUT2D eigenvalue weighted by atomic mass is 16.6. The fourth-order valence-corrected chi connectivity index (χ4v) is 2.60. The molecule has 10 nitrogen and oxygen atoms in total. The fourth-order valence-electron chi connectivity index (χ4n) is 2.60. The lowest BCUT2D eigenvalue weighted by Gasteiger charge is -2.27. The number of carbonyl (C=O) groups is 1. The molecule has 124 valence electrons. The number of nitrogens with zero attached hydrogens (tertiary/aromatic N) is 5. The molecule has 1 aliphatic heterocycles. The van der Waals surface area contributed by atoms with Crippen molar-refractivity contribution in [3.8, 4) is 0 Å². The minimum atomic E-state index is -0.713. The number of tetrazole rings is 1. The summed E-state index contributed by atoms with van der Waals surface area (Å²) in [6, 6.07) is 5.30. The molecular weight excluding hydrogens is 316 g/mol. The Labute approximate surface area is 136 Å². The molecule has 2 heterocycles. The molecule has 0 spiro atoms. The van der Waals surface area contributed by atoms with Gasteiger partial charge in [-0.2, -0.15) is 4.68 Å². The Morgan fingerprint density at radius 2 is 2.29 bits per heavy atom. The van der Waals surface area contributed by atoms with E-state index < -0.39 is 16.9 Å². The third-order valence-electron chi connectivity index (χ3n) is 3.61. The van der Waals surface area contributed by atoms with E-state index in [0.717, 1.165) is 0 Å². The van der Waals surface area contributed by atoms with E-state index in [1.807, 2.05) is 0 Å². The standard InChI is InChI=1S/C14H14N6O4/c1-3-24-13(21)11-8(2)15-14-16-17-18-19(14)12(11)9-5-4-6-10(7-9)20(22)23/h4-7,12H,3H2,1-2H3,(H,15,16,18)/t12-/m0/s1. The number of fused-ring (bicyclic) bond motifs is 1. The number of aromatic nitrogens is 4. The lowest BCUT2D eigenvalue weighted by Crippen LogP contribution is -2.29. The van der Waals surface area contributed by atoms with Crippen molar-refractivity contribution in [1.82, 2.24) is 20.2 Å². The molecule has 1 N–H and O–H groups in total. The number of hydrogen-bond acceptors (Lipinski definition) is 8. The predicted octanol–water partition coefficient (Wildman–Crippen LogP) is 1.43. The van der Waals surface area contributed by atoms with Crippen molar-refractivity contribution in [2.45, 2.75) is 19.9 Å². The molecule has 10 heteroatoms. The molecule has 2 aromatic rings. The maximum absolute atomic E-state index is 12.4. The molecule has 0 fully saturated rings. The van der Waals surface area contributed by atoms with Crippen LogP contribution in [0.3, 0.4) is 0 Å². The number of rotatable bonds is 4. The third kappa shape index (κ3) is 2.57. The van der Waals surface area contributed by atoms with Gasteiger partial charge in [0.2, 0.25) is 5.95 Å². The van der Waals surface area contributed by atoms with Crippen LogP contribution in [0.25, 0.3) is 0 Å². The number of nitrogens with one attached hydrogen (secondary N) is 1. The van der Waals surface area contributed by atoms with E-state index in [2.05, 4.69) is 20.8 Å². The summed E-state index contributed by atoms with van der Waals surface area (Å²) in [5, 5.41) is 25.3. The van der Waals surface area contributed by atoms with Crippen LogP contribution in [0.2, 0.25) is 0 Å². The van der Waals surface area contributed by atoms with Crippen LogP contribution < -0.4 is 5.32 Å². The highest BCUT2D eigenvalue weighted by molar-refractivity contribution is 5.92. The van der Waals surface area contributed by atoms with E-state index in [1.54, 1.807) is 26.0 Å². The molecule has 3 rings (SSSR count). The normalized spacial score (nSPS) is 16.3. The molecule has 1 aromatic heterocycles. The van der Waals surface area contributed by atoms with Gasteiger partial charge in [0.25, 0.3) is 5.69 Å². The number of nitro benzene ring substituents is 1. The van der Waals surface area contributed by atoms with Crippen LogP contribution in [0.4, 0.5) is 11.6 Å². The Morgan fingerprint density at radius 3 is 3.00 bits per heavy atom. The lowest BCUT2D eigenvalue weighted by atomic mass is 9.95. The fraction of sp³-hybridized carbons (Fsp3) is 0.286. The van der Waals surface area contributed by atoms with Gasteiger partial charge in [0.15, 0.2) is 0 Å². The quantitative estimate of drug-likeness (QED) is 0.507. The molecule has 0 radical (unpaired) electrons. The molecule has 0 unspecified atom stereocenters. The van der Waals surface area contributed by atoms with Gasteiger partial charge in [-0.05, 0) is 29.8 Å². The summed E-state index contributed by atoms with van der Waals surface area (Å²) in [6.07, 6.45) is 0. The largest absolute Gasteiger partial charge is 0.463 e. The van der Waals surface area contributed by atoms with E-state index in [1.165, 1.54) is 16.8 Å². The van der Waals surface area contributed by atoms with Crippen molar-refractivity contribution in [2.75, 3.05) is 11.9 Å². The average Bonchev–Trinajstić information content (AvgIpc) is 3.01. The molecule has 1 aliphatic rings. The van der Waals surface area contributed by atoms with Crippen LogP contribution in [-0.4, -0.2) is 37.7 Å². The first-order valence-electron chi connectivity index (χ1n) is 7.20. The molecule has 0 aliphatic carbocycles. The Morgan fingerprint density at radius 1 is 1.50 bits per heavy atom. The molecule has 1 aromatic carbocycles. The van der Waals surface area contributed by atoms with Crippen molar-refractivity contribution in [3.63, 3.8) is 0 Å². The van der Waals surface area contributed by atoms with Crippen LogP contribution in [0.15, 0.2) is 35.5 Å². The Hall–Kier alpha value is -3.30. The summed E-state index contributed by atoms with van der Waals surface area (Å²) < 4.78 is 6.52. The summed E-state index contributed by atoms with van der Waals surface area (Å²) in [6.45, 7) is 3.61. The molecule has 0 amide bonds. The lowest BCUT2D eigenvalue weighted by molar-refractivity contribution is -0.384. The molecule has 0 bridgehead atoms. The van der Waals surface area contributed by atoms with Crippen LogP contribution in [0.1, 0.15) is 25.5 Å². The number of benzene rings is 1. The van der Waals surface area contributed by atoms with Crippen molar-refractivity contribution < 1.29 is 14.5 Å². The van der Waals surface area contributed by atoms with E-state index in [9.17, 15) is 14.9 Å². The number of carbonyl (C=O) groups excluding carboxylic acids is 1. The minimum Gasteiger partial charge on any atom is -0.463 e. The first-order chi connectivity index (χ1) is 11.5. The maximum Gasteiger partial charge on any atom is 0.338 e. The Bertz CT molecular complexity index is 843. The second-order valence-electron chi connectivity index (χ2n) is 5.09. The zero-order valence-electron chi connectivity index (χ0n) is 13.0. The second-order valence-corrected chi connectivity index (χ2v) is 5.09. The molecule has 0 saturated carbocycles. The Balaban J connectivity index is 2.16. The Kier molecular flexibility index (Phi) is 3.94. The van der Waals surface area contributed by atoms with Crippen LogP contribution in [0.5, 0.6) is 0 Å². The number of allylic oxidation sites excluding steroid dienone is 1. The van der Waals surface area contributed by atoms with E-state index in [0.29, 0.717) is 22.8 Å². The van der Waals surface area contributed by atoms with Crippen molar-refractivity contribution in [3.05, 3.63) is 51.2 Å². The average molecular weight is 330 g/mol. The SMILES string of the molecule is CCOC(=O)C1=C(C)Nc2nnnn2[C@H]1c1cccc([N+](=O)[O-])c1. The van der Waals surface area contributed by atoms with Crippen LogP contribution in [-0.2, 0) is 9.53 Å². The van der Waals surface area contributed by atoms with Crippen molar-refractivity contribution in [2.24, 2.45) is 0 Å². The maximum atomic E-state index is 12.4. The van der Waals surface area contributed by atoms with Gasteiger partial charge < -0.3 is 10.1 Å². The highest BCUT2D eigenvalue weighted by Gasteiger charge is 2.35. The molecule has 0 saturated heterocycles. The van der Waals surface area contributed by atoms with Gasteiger partial charge in [0.05, 0.1) is 17.1 Å². The molecule has 1 atom stereocenters. The van der Waals surface area contributed by atoms with Gasteiger partial charge in [0.1, 0.15) is 6.04 Å². The number of hydrogen-bond donors (Lipinski definition) is 1. The minimum absolute atomic E-state index is 0.0819. The predicted molar refractivity (Wildman–Crippen MR) is 82.0 cm³/mol. The van der Waals surface area contributed by atoms with Crippen molar-refractivity contribution in [1.29, 1.82) is 0 Å². The molecular formula is C14H14N6O4. The van der Waals surface area contributed by atoms with Gasteiger partial charge in [-0.3, -0.25) is 10.1 Å².